The van der Waals surface area contributed by atoms with Gasteiger partial charge in [0.25, 0.3) is 0 Å². The highest BCUT2D eigenvalue weighted by atomic mass is 16.2. The molecule has 3 rings (SSSR count). The number of carbonyl (C=O) groups excluding carboxylic acids is 1. The third-order valence-electron chi connectivity index (χ3n) is 4.43. The summed E-state index contributed by atoms with van der Waals surface area (Å²) < 4.78 is 0. The predicted molar refractivity (Wildman–Crippen MR) is 90.8 cm³/mol. The largest absolute Gasteiger partial charge is 0.343 e. The van der Waals surface area contributed by atoms with Crippen LogP contribution in [0.2, 0.25) is 0 Å². The molecule has 1 saturated heterocycles. The molecule has 1 heterocycles. The summed E-state index contributed by atoms with van der Waals surface area (Å²) in [7, 11) is 0. The zero-order chi connectivity index (χ0) is 15.4. The van der Waals surface area contributed by atoms with Gasteiger partial charge in [-0.2, -0.15) is 0 Å². The molecule has 0 aromatic heterocycles. The summed E-state index contributed by atoms with van der Waals surface area (Å²) in [4.78, 5) is 14.1. The Morgan fingerprint density at radius 3 is 2.05 bits per heavy atom. The minimum Gasteiger partial charge on any atom is -0.343 e. The normalized spacial score (nSPS) is 14.3. The molecule has 0 aliphatic carbocycles. The Bertz CT molecular complexity index is 622. The van der Waals surface area contributed by atoms with Crippen LogP contribution >= 0.6 is 0 Å². The van der Waals surface area contributed by atoms with Crippen LogP contribution in [0.15, 0.2) is 48.5 Å². The molecule has 22 heavy (non-hydrogen) atoms. The lowest BCUT2D eigenvalue weighted by atomic mass is 10.0. The van der Waals surface area contributed by atoms with E-state index in [9.17, 15) is 4.79 Å². The molecule has 1 fully saturated rings. The molecule has 114 valence electrons. The lowest BCUT2D eigenvalue weighted by Crippen LogP contribution is -2.27. The van der Waals surface area contributed by atoms with Crippen LogP contribution in [0, 0.1) is 6.92 Å². The number of likely N-dealkylation sites (tertiary alicyclic amines) is 1. The van der Waals surface area contributed by atoms with Gasteiger partial charge in [0.15, 0.2) is 0 Å². The fourth-order valence-electron chi connectivity index (χ4n) is 2.99. The number of hydrogen-bond donors (Lipinski definition) is 0. The lowest BCUT2D eigenvalue weighted by molar-refractivity contribution is -0.130. The first-order valence-corrected chi connectivity index (χ1v) is 8.16. The van der Waals surface area contributed by atoms with E-state index in [1.165, 1.54) is 22.3 Å². The molecule has 0 spiro atoms. The van der Waals surface area contributed by atoms with Gasteiger partial charge in [-0.05, 0) is 42.9 Å². The Morgan fingerprint density at radius 2 is 1.45 bits per heavy atom. The van der Waals surface area contributed by atoms with Gasteiger partial charge in [-0.25, -0.2) is 0 Å². The first kappa shape index (κ1) is 14.8. The summed E-state index contributed by atoms with van der Waals surface area (Å²) in [6, 6.07) is 17.2. The second kappa shape index (κ2) is 6.78. The second-order valence-corrected chi connectivity index (χ2v) is 6.15. The molecule has 1 amide bonds. The highest BCUT2D eigenvalue weighted by Gasteiger charge is 2.17. The van der Waals surface area contributed by atoms with Gasteiger partial charge in [-0.3, -0.25) is 4.79 Å². The monoisotopic (exact) mass is 293 g/mol. The molecule has 0 saturated carbocycles. The summed E-state index contributed by atoms with van der Waals surface area (Å²) in [5.41, 5.74) is 4.99. The quantitative estimate of drug-likeness (QED) is 0.826. The van der Waals surface area contributed by atoms with Crippen LogP contribution in [0.1, 0.15) is 30.4 Å². The van der Waals surface area contributed by atoms with Crippen LogP contribution in [0.25, 0.3) is 11.1 Å². The SMILES string of the molecule is Cc1ccc(-c2ccc(CCC(=O)N3CCCC3)cc2)cc1. The van der Waals surface area contributed by atoms with E-state index in [-0.39, 0.29) is 0 Å². The molecular formula is C20H23NO. The van der Waals surface area contributed by atoms with Crippen molar-refractivity contribution in [2.24, 2.45) is 0 Å². The first-order valence-electron chi connectivity index (χ1n) is 8.16. The van der Waals surface area contributed by atoms with Gasteiger partial charge in [0.2, 0.25) is 5.91 Å². The van der Waals surface area contributed by atoms with E-state index in [0.29, 0.717) is 12.3 Å². The minimum atomic E-state index is 0.306. The molecule has 2 aromatic carbocycles. The van der Waals surface area contributed by atoms with Crippen molar-refractivity contribution in [1.29, 1.82) is 0 Å². The third kappa shape index (κ3) is 3.56. The highest BCUT2D eigenvalue weighted by Crippen LogP contribution is 2.21. The Morgan fingerprint density at radius 1 is 0.909 bits per heavy atom. The van der Waals surface area contributed by atoms with Crippen molar-refractivity contribution in [3.05, 3.63) is 59.7 Å². The molecule has 0 N–H and O–H groups in total. The number of amides is 1. The fraction of sp³-hybridized carbons (Fsp3) is 0.350. The summed E-state index contributed by atoms with van der Waals surface area (Å²) in [5.74, 6) is 0.306. The van der Waals surface area contributed by atoms with Gasteiger partial charge < -0.3 is 4.90 Å². The maximum absolute atomic E-state index is 12.1. The maximum atomic E-state index is 12.1. The van der Waals surface area contributed by atoms with E-state index in [4.69, 9.17) is 0 Å². The molecule has 0 radical (unpaired) electrons. The molecule has 1 aliphatic heterocycles. The first-order chi connectivity index (χ1) is 10.7. The van der Waals surface area contributed by atoms with Crippen LogP contribution in [-0.4, -0.2) is 23.9 Å². The number of nitrogens with zero attached hydrogens (tertiary/aromatic N) is 1. The number of rotatable bonds is 4. The molecule has 0 bridgehead atoms. The average molecular weight is 293 g/mol. The molecule has 2 heteroatoms. The van der Waals surface area contributed by atoms with Crippen molar-refractivity contribution >= 4 is 5.91 Å². The van der Waals surface area contributed by atoms with Crippen molar-refractivity contribution in [2.45, 2.75) is 32.6 Å². The van der Waals surface area contributed by atoms with Gasteiger partial charge in [-0.15, -0.1) is 0 Å². The van der Waals surface area contributed by atoms with Crippen molar-refractivity contribution < 1.29 is 4.79 Å². The molecule has 1 aliphatic rings. The van der Waals surface area contributed by atoms with Crippen molar-refractivity contribution in [3.63, 3.8) is 0 Å². The summed E-state index contributed by atoms with van der Waals surface area (Å²) in [6.07, 6.45) is 3.79. The van der Waals surface area contributed by atoms with Crippen LogP contribution in [0.5, 0.6) is 0 Å². The van der Waals surface area contributed by atoms with Gasteiger partial charge in [0.1, 0.15) is 0 Å². The molecule has 0 unspecified atom stereocenters. The Hall–Kier alpha value is -2.09. The van der Waals surface area contributed by atoms with Crippen molar-refractivity contribution in [3.8, 4) is 11.1 Å². The summed E-state index contributed by atoms with van der Waals surface area (Å²) in [6.45, 7) is 4.00. The van der Waals surface area contributed by atoms with Crippen LogP contribution < -0.4 is 0 Å². The molecule has 2 nitrogen and oxygen atoms in total. The van der Waals surface area contributed by atoms with Crippen molar-refractivity contribution in [1.82, 2.24) is 4.90 Å². The van der Waals surface area contributed by atoms with E-state index in [2.05, 4.69) is 55.5 Å². The van der Waals surface area contributed by atoms with Crippen LogP contribution in [-0.2, 0) is 11.2 Å². The summed E-state index contributed by atoms with van der Waals surface area (Å²) >= 11 is 0. The Balaban J connectivity index is 1.59. The van der Waals surface area contributed by atoms with Gasteiger partial charge in [-0.1, -0.05) is 54.1 Å². The van der Waals surface area contributed by atoms with Crippen LogP contribution in [0.3, 0.4) is 0 Å². The van der Waals surface area contributed by atoms with Crippen molar-refractivity contribution in [2.75, 3.05) is 13.1 Å². The van der Waals surface area contributed by atoms with Gasteiger partial charge in [0, 0.05) is 19.5 Å². The lowest BCUT2D eigenvalue weighted by Gasteiger charge is -2.15. The molecule has 2 aromatic rings. The standard InChI is InChI=1S/C20H23NO/c1-16-4-9-18(10-5-16)19-11-6-17(7-12-19)8-13-20(22)21-14-2-3-15-21/h4-7,9-12H,2-3,8,13-15H2,1H3. The van der Waals surface area contributed by atoms with E-state index in [1.807, 2.05) is 4.90 Å². The minimum absolute atomic E-state index is 0.306. The second-order valence-electron chi connectivity index (χ2n) is 6.15. The number of aryl methyl sites for hydroxylation is 2. The zero-order valence-corrected chi connectivity index (χ0v) is 13.2. The van der Waals surface area contributed by atoms with E-state index in [0.717, 1.165) is 32.4 Å². The van der Waals surface area contributed by atoms with Gasteiger partial charge >= 0.3 is 0 Å². The van der Waals surface area contributed by atoms with Gasteiger partial charge in [0.05, 0.1) is 0 Å². The molecular weight excluding hydrogens is 270 g/mol. The predicted octanol–water partition coefficient (Wildman–Crippen LogP) is 4.22. The smallest absolute Gasteiger partial charge is 0.222 e. The number of hydrogen-bond acceptors (Lipinski definition) is 1. The van der Waals surface area contributed by atoms with Crippen LogP contribution in [0.4, 0.5) is 0 Å². The fourth-order valence-corrected chi connectivity index (χ4v) is 2.99. The summed E-state index contributed by atoms with van der Waals surface area (Å²) in [5, 5.41) is 0. The average Bonchev–Trinajstić information content (AvgIpc) is 3.08. The Kier molecular flexibility index (Phi) is 4.57. The topological polar surface area (TPSA) is 20.3 Å². The zero-order valence-electron chi connectivity index (χ0n) is 13.2. The highest BCUT2D eigenvalue weighted by molar-refractivity contribution is 5.76. The molecule has 0 atom stereocenters. The van der Waals surface area contributed by atoms with E-state index >= 15 is 0 Å². The number of benzene rings is 2. The maximum Gasteiger partial charge on any atom is 0.222 e. The number of carbonyl (C=O) groups is 1. The van der Waals surface area contributed by atoms with E-state index < -0.39 is 0 Å². The third-order valence-corrected chi connectivity index (χ3v) is 4.43. The van der Waals surface area contributed by atoms with E-state index in [1.54, 1.807) is 0 Å². The Labute approximate surface area is 132 Å².